The van der Waals surface area contributed by atoms with E-state index < -0.39 is 16.4 Å². The average Bonchev–Trinajstić information content (AvgIpc) is 2.67. The van der Waals surface area contributed by atoms with Gasteiger partial charge in [-0.25, -0.2) is 0 Å². The summed E-state index contributed by atoms with van der Waals surface area (Å²) >= 11 is 0. The molecule has 0 saturated carbocycles. The Hall–Kier alpha value is -3.41. The maximum Gasteiger partial charge on any atom is 0.205 e. The number of fused-ring (bicyclic) bond motifs is 4. The zero-order valence-corrected chi connectivity index (χ0v) is 17.6. The first-order valence-corrected chi connectivity index (χ1v) is 9.59. The van der Waals surface area contributed by atoms with E-state index in [-0.39, 0.29) is 39.2 Å². The van der Waals surface area contributed by atoms with Gasteiger partial charge in [0.05, 0.1) is 12.5 Å². The lowest BCUT2D eigenvalue weighted by atomic mass is 9.82. The first-order chi connectivity index (χ1) is 14.0. The van der Waals surface area contributed by atoms with Crippen LogP contribution in [-0.4, -0.2) is 22.9 Å². The van der Waals surface area contributed by atoms with E-state index in [0.29, 0.717) is 16.9 Å². The highest BCUT2D eigenvalue weighted by Gasteiger charge is 2.32. The van der Waals surface area contributed by atoms with Crippen LogP contribution in [0.1, 0.15) is 38.8 Å². The van der Waals surface area contributed by atoms with Crippen molar-refractivity contribution in [3.05, 3.63) is 52.2 Å². The van der Waals surface area contributed by atoms with Crippen molar-refractivity contribution in [2.24, 2.45) is 0 Å². The Morgan fingerprint density at radius 2 is 1.87 bits per heavy atom. The fraction of sp³-hybridized carbons (Fsp3) is 0.292. The molecule has 0 bridgehead atoms. The number of rotatable bonds is 3. The minimum Gasteiger partial charge on any atom is -0.507 e. The molecular formula is C24H24O6. The lowest BCUT2D eigenvalue weighted by Gasteiger charge is -2.29. The van der Waals surface area contributed by atoms with Crippen LogP contribution in [-0.2, 0) is 5.41 Å². The van der Waals surface area contributed by atoms with Crippen molar-refractivity contribution in [2.75, 3.05) is 7.11 Å². The van der Waals surface area contributed by atoms with Crippen molar-refractivity contribution in [3.63, 3.8) is 0 Å². The molecule has 30 heavy (non-hydrogen) atoms. The summed E-state index contributed by atoms with van der Waals surface area (Å²) < 4.78 is 17.5. The van der Waals surface area contributed by atoms with Crippen LogP contribution < -0.4 is 14.9 Å². The molecule has 0 spiro atoms. The van der Waals surface area contributed by atoms with E-state index in [1.807, 2.05) is 27.7 Å². The van der Waals surface area contributed by atoms with Crippen LogP contribution in [0.25, 0.3) is 28.0 Å². The number of ether oxygens (including phenoxy) is 2. The molecule has 1 aliphatic heterocycles. The topological polar surface area (TPSA) is 89.1 Å². The maximum absolute atomic E-state index is 13.6. The summed E-state index contributed by atoms with van der Waals surface area (Å²) in [5.41, 5.74) is -0.302. The van der Waals surface area contributed by atoms with Crippen molar-refractivity contribution >= 4 is 28.0 Å². The molecule has 1 aliphatic rings. The first kappa shape index (κ1) is 19.9. The van der Waals surface area contributed by atoms with E-state index in [9.17, 15) is 15.0 Å². The number of hydrogen-bond acceptors (Lipinski definition) is 6. The van der Waals surface area contributed by atoms with Gasteiger partial charge in [0.1, 0.15) is 33.7 Å². The zero-order chi connectivity index (χ0) is 22.0. The third-order valence-corrected chi connectivity index (χ3v) is 5.54. The Bertz CT molecular complexity index is 1310. The molecular weight excluding hydrogens is 384 g/mol. The Morgan fingerprint density at radius 3 is 2.50 bits per heavy atom. The number of phenolic OH excluding ortho intramolecular Hbond substituents is 2. The van der Waals surface area contributed by atoms with Crippen LogP contribution in [0.3, 0.4) is 0 Å². The smallest absolute Gasteiger partial charge is 0.205 e. The van der Waals surface area contributed by atoms with Gasteiger partial charge in [0.15, 0.2) is 11.5 Å². The summed E-state index contributed by atoms with van der Waals surface area (Å²) in [6.07, 6.45) is 5.26. The monoisotopic (exact) mass is 408 g/mol. The standard InChI is InChI=1S/C24H24O6/c1-7-23(2,3)19-16(28-6)10-13(25)18-20(27)17-12-8-9-24(4,5)30-21(12)14(26)11-15(17)29-22(18)19/h7-11,25-26H,1H2,2-6H3. The van der Waals surface area contributed by atoms with Gasteiger partial charge in [0.25, 0.3) is 0 Å². The number of aromatic hydroxyl groups is 2. The predicted molar refractivity (Wildman–Crippen MR) is 117 cm³/mol. The second kappa shape index (κ2) is 6.29. The summed E-state index contributed by atoms with van der Waals surface area (Å²) in [6, 6.07) is 2.78. The quantitative estimate of drug-likeness (QED) is 0.468. The third kappa shape index (κ3) is 2.75. The van der Waals surface area contributed by atoms with E-state index in [0.717, 1.165) is 0 Å². The Kier molecular flexibility index (Phi) is 4.17. The van der Waals surface area contributed by atoms with Gasteiger partial charge in [-0.05, 0) is 19.9 Å². The number of methoxy groups -OCH3 is 1. The lowest BCUT2D eigenvalue weighted by Crippen LogP contribution is -2.28. The van der Waals surface area contributed by atoms with Gasteiger partial charge in [-0.3, -0.25) is 4.79 Å². The Morgan fingerprint density at radius 1 is 1.17 bits per heavy atom. The molecule has 2 heterocycles. The van der Waals surface area contributed by atoms with Gasteiger partial charge in [0, 0.05) is 28.7 Å². The van der Waals surface area contributed by atoms with Gasteiger partial charge in [0.2, 0.25) is 5.43 Å². The number of allylic oxidation sites excluding steroid dienone is 1. The molecule has 0 aliphatic carbocycles. The summed E-state index contributed by atoms with van der Waals surface area (Å²) in [4.78, 5) is 13.6. The molecule has 4 rings (SSSR count). The van der Waals surface area contributed by atoms with E-state index in [1.165, 1.54) is 19.2 Å². The van der Waals surface area contributed by atoms with Crippen molar-refractivity contribution in [1.29, 1.82) is 0 Å². The van der Waals surface area contributed by atoms with Gasteiger partial charge in [-0.1, -0.05) is 26.0 Å². The second-order valence-corrected chi connectivity index (χ2v) is 8.58. The maximum atomic E-state index is 13.6. The average molecular weight is 408 g/mol. The highest BCUT2D eigenvalue weighted by atomic mass is 16.5. The Balaban J connectivity index is 2.23. The number of phenols is 2. The minimum atomic E-state index is -0.633. The van der Waals surface area contributed by atoms with Gasteiger partial charge < -0.3 is 24.1 Å². The predicted octanol–water partition coefficient (Wildman–Crippen LogP) is 5.01. The highest BCUT2D eigenvalue weighted by molar-refractivity contribution is 6.01. The molecule has 0 fully saturated rings. The van der Waals surface area contributed by atoms with Crippen LogP contribution >= 0.6 is 0 Å². The largest absolute Gasteiger partial charge is 0.507 e. The van der Waals surface area contributed by atoms with E-state index in [2.05, 4.69) is 6.58 Å². The normalized spacial score (nSPS) is 15.1. The molecule has 6 heteroatoms. The fourth-order valence-electron chi connectivity index (χ4n) is 3.86. The number of hydrogen-bond donors (Lipinski definition) is 2. The fourth-order valence-corrected chi connectivity index (χ4v) is 3.86. The SMILES string of the molecule is C=CC(C)(C)c1c(OC)cc(O)c2c(=O)c3c4c(c(O)cc3oc12)OC(C)(C)C=C4. The molecule has 0 amide bonds. The van der Waals surface area contributed by atoms with Gasteiger partial charge in [-0.2, -0.15) is 0 Å². The van der Waals surface area contributed by atoms with Gasteiger partial charge >= 0.3 is 0 Å². The van der Waals surface area contributed by atoms with Crippen molar-refractivity contribution in [3.8, 4) is 23.0 Å². The molecule has 3 aromatic rings. The van der Waals surface area contributed by atoms with Gasteiger partial charge in [-0.15, -0.1) is 6.58 Å². The van der Waals surface area contributed by atoms with Crippen molar-refractivity contribution in [2.45, 2.75) is 38.7 Å². The van der Waals surface area contributed by atoms with Crippen LogP contribution in [0.4, 0.5) is 0 Å². The minimum absolute atomic E-state index is 0.0411. The van der Waals surface area contributed by atoms with Crippen molar-refractivity contribution < 1.29 is 24.1 Å². The van der Waals surface area contributed by atoms with Crippen LogP contribution in [0.15, 0.2) is 40.1 Å². The Labute approximate surface area is 173 Å². The van der Waals surface area contributed by atoms with Crippen LogP contribution in [0, 0.1) is 0 Å². The summed E-state index contributed by atoms with van der Waals surface area (Å²) in [7, 11) is 1.48. The first-order valence-electron chi connectivity index (χ1n) is 9.59. The molecule has 1 aromatic heterocycles. The van der Waals surface area contributed by atoms with E-state index in [4.69, 9.17) is 13.9 Å². The van der Waals surface area contributed by atoms with Crippen molar-refractivity contribution in [1.82, 2.24) is 0 Å². The van der Waals surface area contributed by atoms with E-state index in [1.54, 1.807) is 18.2 Å². The van der Waals surface area contributed by atoms with E-state index >= 15 is 0 Å². The number of benzene rings is 2. The zero-order valence-electron chi connectivity index (χ0n) is 17.6. The third-order valence-electron chi connectivity index (χ3n) is 5.54. The molecule has 0 radical (unpaired) electrons. The lowest BCUT2D eigenvalue weighted by molar-refractivity contribution is 0.153. The second-order valence-electron chi connectivity index (χ2n) is 8.58. The molecule has 156 valence electrons. The molecule has 0 atom stereocenters. The van der Waals surface area contributed by atoms with Crippen LogP contribution in [0.5, 0.6) is 23.0 Å². The highest BCUT2D eigenvalue weighted by Crippen LogP contribution is 2.46. The summed E-state index contributed by atoms with van der Waals surface area (Å²) in [6.45, 7) is 11.4. The molecule has 6 nitrogen and oxygen atoms in total. The molecule has 2 aromatic carbocycles. The van der Waals surface area contributed by atoms with Crippen LogP contribution in [0.2, 0.25) is 0 Å². The molecule has 2 N–H and O–H groups in total. The molecule has 0 unspecified atom stereocenters. The summed E-state index contributed by atoms with van der Waals surface area (Å²) in [5.74, 6) is 0.207. The summed E-state index contributed by atoms with van der Waals surface area (Å²) in [5, 5.41) is 21.5. The molecule has 0 saturated heterocycles.